The Balaban J connectivity index is 2.14. The lowest BCUT2D eigenvalue weighted by molar-refractivity contribution is -0.385. The molecule has 0 saturated heterocycles. The first kappa shape index (κ1) is 10.3. The minimum absolute atomic E-state index is 0.0479. The molecule has 0 atom stereocenters. The summed E-state index contributed by atoms with van der Waals surface area (Å²) in [6.45, 7) is 0. The highest BCUT2D eigenvalue weighted by Crippen LogP contribution is 2.18. The summed E-state index contributed by atoms with van der Waals surface area (Å²) >= 11 is 0. The van der Waals surface area contributed by atoms with Gasteiger partial charge >= 0.3 is 0 Å². The van der Waals surface area contributed by atoms with E-state index in [-0.39, 0.29) is 5.69 Å². The normalized spacial score (nSPS) is 10.7. The van der Waals surface area contributed by atoms with Crippen LogP contribution in [0.2, 0.25) is 0 Å². The Morgan fingerprint density at radius 1 is 1.33 bits per heavy atom. The van der Waals surface area contributed by atoms with E-state index in [1.54, 1.807) is 29.3 Å². The van der Waals surface area contributed by atoms with Crippen molar-refractivity contribution in [3.63, 3.8) is 0 Å². The second-order valence-corrected chi connectivity index (χ2v) is 3.65. The fourth-order valence-electron chi connectivity index (χ4n) is 1.63. The Bertz CT molecular complexity index is 723. The molecule has 0 saturated carbocycles. The van der Waals surface area contributed by atoms with Crippen LogP contribution in [0.3, 0.4) is 0 Å². The monoisotopic (exact) mass is 241 g/mol. The van der Waals surface area contributed by atoms with Gasteiger partial charge in [-0.25, -0.2) is 9.67 Å². The topological polar surface area (TPSA) is 86.7 Å². The van der Waals surface area contributed by atoms with E-state index >= 15 is 0 Å². The predicted octanol–water partition coefficient (Wildman–Crippen LogP) is 1.72. The van der Waals surface area contributed by atoms with Crippen molar-refractivity contribution in [1.29, 1.82) is 0 Å². The van der Waals surface area contributed by atoms with Gasteiger partial charge in [0.1, 0.15) is 6.20 Å². The summed E-state index contributed by atoms with van der Waals surface area (Å²) in [5, 5.41) is 15.5. The summed E-state index contributed by atoms with van der Waals surface area (Å²) in [5.74, 6) is 0. The van der Waals surface area contributed by atoms with E-state index in [9.17, 15) is 10.1 Å². The molecular formula is C11H7N5O2. The van der Waals surface area contributed by atoms with Crippen LogP contribution in [0.5, 0.6) is 0 Å². The minimum atomic E-state index is -0.478. The number of nitro groups is 1. The van der Waals surface area contributed by atoms with E-state index in [0.717, 1.165) is 5.69 Å². The van der Waals surface area contributed by atoms with Crippen LogP contribution < -0.4 is 0 Å². The Labute approximate surface area is 101 Å². The smallest absolute Gasteiger partial charge is 0.262 e. The molecule has 0 unspecified atom stereocenters. The summed E-state index contributed by atoms with van der Waals surface area (Å²) in [7, 11) is 0. The van der Waals surface area contributed by atoms with E-state index in [2.05, 4.69) is 15.1 Å². The molecule has 0 radical (unpaired) electrons. The highest BCUT2D eigenvalue weighted by atomic mass is 16.6. The number of nitrogens with zero attached hydrogens (tertiary/aromatic N) is 5. The molecule has 7 nitrogen and oxygen atoms in total. The zero-order chi connectivity index (χ0) is 12.5. The Kier molecular flexibility index (Phi) is 2.23. The molecule has 0 aromatic carbocycles. The number of pyridine rings is 2. The number of hydrogen-bond donors (Lipinski definition) is 0. The fraction of sp³-hybridized carbons (Fsp3) is 0. The maximum absolute atomic E-state index is 10.6. The summed E-state index contributed by atoms with van der Waals surface area (Å²) in [6, 6.07) is 5.08. The molecule has 0 bridgehead atoms. The second kappa shape index (κ2) is 3.88. The average molecular weight is 241 g/mol. The van der Waals surface area contributed by atoms with Crippen LogP contribution in [-0.4, -0.2) is 24.7 Å². The molecule has 0 aliphatic heterocycles. The lowest BCUT2D eigenvalue weighted by atomic mass is 10.3. The summed E-state index contributed by atoms with van der Waals surface area (Å²) in [4.78, 5) is 18.1. The third-order valence-electron chi connectivity index (χ3n) is 2.47. The van der Waals surface area contributed by atoms with Gasteiger partial charge in [-0.15, -0.1) is 5.10 Å². The zero-order valence-corrected chi connectivity index (χ0v) is 9.09. The van der Waals surface area contributed by atoms with Crippen molar-refractivity contribution in [2.75, 3.05) is 0 Å². The number of rotatable bonds is 2. The lowest BCUT2D eigenvalue weighted by Gasteiger charge is -1.97. The van der Waals surface area contributed by atoms with Crippen LogP contribution in [0.15, 0.2) is 43.0 Å². The first-order chi connectivity index (χ1) is 8.74. The third-order valence-corrected chi connectivity index (χ3v) is 2.47. The average Bonchev–Trinajstić information content (AvgIpc) is 2.82. The highest BCUT2D eigenvalue weighted by molar-refractivity contribution is 5.76. The van der Waals surface area contributed by atoms with E-state index in [0.29, 0.717) is 11.0 Å². The van der Waals surface area contributed by atoms with Crippen molar-refractivity contribution in [3.8, 4) is 5.69 Å². The summed E-state index contributed by atoms with van der Waals surface area (Å²) in [5.41, 5.74) is 1.19. The molecular weight excluding hydrogens is 234 g/mol. The van der Waals surface area contributed by atoms with Gasteiger partial charge in [0.15, 0.2) is 5.65 Å². The van der Waals surface area contributed by atoms with E-state index in [1.807, 2.05) is 6.07 Å². The van der Waals surface area contributed by atoms with Crippen LogP contribution in [0.25, 0.3) is 16.7 Å². The van der Waals surface area contributed by atoms with Gasteiger partial charge in [0.2, 0.25) is 0 Å². The minimum Gasteiger partial charge on any atom is -0.262 e. The second-order valence-electron chi connectivity index (χ2n) is 3.65. The maximum atomic E-state index is 10.6. The van der Waals surface area contributed by atoms with Crippen LogP contribution in [0.4, 0.5) is 5.69 Å². The Morgan fingerprint density at radius 3 is 2.94 bits per heavy atom. The lowest BCUT2D eigenvalue weighted by Crippen LogP contribution is -1.94. The van der Waals surface area contributed by atoms with Gasteiger partial charge in [-0.3, -0.25) is 15.1 Å². The SMILES string of the molecule is O=[N+]([O-])c1cnc2nn(-c3cccnc3)cc2c1. The largest absolute Gasteiger partial charge is 0.288 e. The van der Waals surface area contributed by atoms with Crippen molar-refractivity contribution >= 4 is 16.7 Å². The molecule has 0 aliphatic carbocycles. The molecule has 0 fully saturated rings. The molecule has 88 valence electrons. The predicted molar refractivity (Wildman–Crippen MR) is 63.3 cm³/mol. The maximum Gasteiger partial charge on any atom is 0.288 e. The van der Waals surface area contributed by atoms with Gasteiger partial charge in [0.25, 0.3) is 5.69 Å². The number of aromatic nitrogens is 4. The van der Waals surface area contributed by atoms with E-state index in [1.165, 1.54) is 12.3 Å². The molecule has 7 heteroatoms. The molecule has 18 heavy (non-hydrogen) atoms. The fourth-order valence-corrected chi connectivity index (χ4v) is 1.63. The van der Waals surface area contributed by atoms with Crippen molar-refractivity contribution < 1.29 is 4.92 Å². The van der Waals surface area contributed by atoms with E-state index < -0.39 is 4.92 Å². The van der Waals surface area contributed by atoms with Gasteiger partial charge < -0.3 is 0 Å². The highest BCUT2D eigenvalue weighted by Gasteiger charge is 2.10. The number of hydrogen-bond acceptors (Lipinski definition) is 5. The standard InChI is InChI=1S/C11H7N5O2/c17-16(18)10-4-8-7-15(14-11(8)13-6-10)9-2-1-3-12-5-9/h1-7H. The Hall–Kier alpha value is -2.83. The van der Waals surface area contributed by atoms with Gasteiger partial charge in [-0.1, -0.05) is 0 Å². The summed E-state index contributed by atoms with van der Waals surface area (Å²) in [6.07, 6.45) is 6.20. The quantitative estimate of drug-likeness (QED) is 0.503. The first-order valence-electron chi connectivity index (χ1n) is 5.14. The molecule has 3 aromatic heterocycles. The first-order valence-corrected chi connectivity index (χ1v) is 5.14. The molecule has 0 amide bonds. The van der Waals surface area contributed by atoms with Crippen LogP contribution in [0.1, 0.15) is 0 Å². The van der Waals surface area contributed by atoms with Crippen molar-refractivity contribution in [1.82, 2.24) is 19.7 Å². The van der Waals surface area contributed by atoms with Gasteiger partial charge in [-0.05, 0) is 12.1 Å². The van der Waals surface area contributed by atoms with Crippen molar-refractivity contribution in [3.05, 3.63) is 53.1 Å². The Morgan fingerprint density at radius 2 is 2.22 bits per heavy atom. The van der Waals surface area contributed by atoms with Gasteiger partial charge in [0.05, 0.1) is 16.8 Å². The van der Waals surface area contributed by atoms with Crippen LogP contribution in [-0.2, 0) is 0 Å². The van der Waals surface area contributed by atoms with Gasteiger partial charge in [0, 0.05) is 23.8 Å². The zero-order valence-electron chi connectivity index (χ0n) is 9.09. The molecule has 0 N–H and O–H groups in total. The molecule has 3 heterocycles. The third kappa shape index (κ3) is 1.67. The van der Waals surface area contributed by atoms with E-state index in [4.69, 9.17) is 0 Å². The van der Waals surface area contributed by atoms with Crippen molar-refractivity contribution in [2.24, 2.45) is 0 Å². The molecule has 3 rings (SSSR count). The van der Waals surface area contributed by atoms with Gasteiger partial charge in [-0.2, -0.15) is 0 Å². The molecule has 0 aliphatic rings. The van der Waals surface area contributed by atoms with Crippen LogP contribution in [0, 0.1) is 10.1 Å². The molecule has 0 spiro atoms. The van der Waals surface area contributed by atoms with Crippen LogP contribution >= 0.6 is 0 Å². The van der Waals surface area contributed by atoms with Crippen molar-refractivity contribution in [2.45, 2.75) is 0 Å². The molecule has 3 aromatic rings. The summed E-state index contributed by atoms with van der Waals surface area (Å²) < 4.78 is 1.59. The number of fused-ring (bicyclic) bond motifs is 1.